The molecule has 1 saturated heterocycles. The Morgan fingerprint density at radius 2 is 2.00 bits per heavy atom. The second-order valence-corrected chi connectivity index (χ2v) is 6.31. The Kier molecular flexibility index (Phi) is 4.11. The summed E-state index contributed by atoms with van der Waals surface area (Å²) in [7, 11) is -3.60. The molecular formula is C11H15ClN2O3S. The van der Waals surface area contributed by atoms with Crippen molar-refractivity contribution in [2.45, 2.75) is 23.8 Å². The molecule has 7 heteroatoms. The van der Waals surface area contributed by atoms with Crippen LogP contribution in [0.4, 0.5) is 5.69 Å². The van der Waals surface area contributed by atoms with Gasteiger partial charge in [0.15, 0.2) is 0 Å². The van der Waals surface area contributed by atoms with Crippen LogP contribution in [0.1, 0.15) is 12.8 Å². The Labute approximate surface area is 111 Å². The summed E-state index contributed by atoms with van der Waals surface area (Å²) in [6, 6.07) is 4.26. The maximum atomic E-state index is 12.2. The number of benzene rings is 1. The van der Waals surface area contributed by atoms with Gasteiger partial charge in [0.2, 0.25) is 10.0 Å². The van der Waals surface area contributed by atoms with Crippen LogP contribution in [0.15, 0.2) is 23.1 Å². The molecule has 0 bridgehead atoms. The van der Waals surface area contributed by atoms with E-state index in [1.54, 1.807) is 0 Å². The lowest BCUT2D eigenvalue weighted by atomic mass is 10.1. The highest BCUT2D eigenvalue weighted by Gasteiger charge is 2.23. The first-order valence-electron chi connectivity index (χ1n) is 5.64. The number of nitrogen functional groups attached to an aromatic ring is 1. The second-order valence-electron chi connectivity index (χ2n) is 4.19. The summed E-state index contributed by atoms with van der Waals surface area (Å²) in [6.07, 6.45) is 1.35. The van der Waals surface area contributed by atoms with E-state index in [9.17, 15) is 8.42 Å². The van der Waals surface area contributed by atoms with E-state index < -0.39 is 10.0 Å². The topological polar surface area (TPSA) is 81.4 Å². The Morgan fingerprint density at radius 1 is 1.33 bits per heavy atom. The average molecular weight is 291 g/mol. The van der Waals surface area contributed by atoms with Gasteiger partial charge in [0.05, 0.1) is 5.69 Å². The lowest BCUT2D eigenvalue weighted by molar-refractivity contribution is 0.0832. The van der Waals surface area contributed by atoms with Crippen LogP contribution in [0.3, 0.4) is 0 Å². The molecule has 5 nitrogen and oxygen atoms in total. The van der Waals surface area contributed by atoms with E-state index in [4.69, 9.17) is 22.1 Å². The van der Waals surface area contributed by atoms with Gasteiger partial charge < -0.3 is 10.5 Å². The molecule has 0 amide bonds. The molecule has 1 aromatic carbocycles. The Bertz CT molecular complexity index is 527. The molecule has 0 unspecified atom stereocenters. The molecule has 100 valence electrons. The molecule has 0 atom stereocenters. The minimum absolute atomic E-state index is 0.0680. The highest BCUT2D eigenvalue weighted by molar-refractivity contribution is 7.89. The van der Waals surface area contributed by atoms with Crippen LogP contribution >= 0.6 is 11.6 Å². The van der Waals surface area contributed by atoms with Crippen molar-refractivity contribution in [3.63, 3.8) is 0 Å². The standard InChI is InChI=1S/C11H15ClN2O3S/c12-8-1-2-11(10(13)7-8)18(15,16)14-9-3-5-17-6-4-9/h1-2,7,9,14H,3-6,13H2. The van der Waals surface area contributed by atoms with E-state index in [0.717, 1.165) is 0 Å². The molecule has 1 aromatic rings. The lowest BCUT2D eigenvalue weighted by Gasteiger charge is -2.23. The van der Waals surface area contributed by atoms with Crippen LogP contribution < -0.4 is 10.5 Å². The smallest absolute Gasteiger partial charge is 0.242 e. The number of ether oxygens (including phenoxy) is 1. The number of rotatable bonds is 3. The van der Waals surface area contributed by atoms with Crippen LogP contribution in [0.5, 0.6) is 0 Å². The maximum absolute atomic E-state index is 12.2. The SMILES string of the molecule is Nc1cc(Cl)ccc1S(=O)(=O)NC1CCOCC1. The fourth-order valence-electron chi connectivity index (χ4n) is 1.86. The monoisotopic (exact) mass is 290 g/mol. The van der Waals surface area contributed by atoms with E-state index >= 15 is 0 Å². The van der Waals surface area contributed by atoms with Gasteiger partial charge in [-0.2, -0.15) is 0 Å². The van der Waals surface area contributed by atoms with E-state index in [1.807, 2.05) is 0 Å². The summed E-state index contributed by atoms with van der Waals surface area (Å²) in [5.41, 5.74) is 5.84. The molecule has 1 aliphatic heterocycles. The second kappa shape index (κ2) is 5.44. The lowest BCUT2D eigenvalue weighted by Crippen LogP contribution is -2.39. The quantitative estimate of drug-likeness (QED) is 0.824. The van der Waals surface area contributed by atoms with Gasteiger partial charge in [-0.25, -0.2) is 13.1 Å². The summed E-state index contributed by atoms with van der Waals surface area (Å²) in [5.74, 6) is 0. The Balaban J connectivity index is 2.19. The Hall–Kier alpha value is -0.820. The predicted octanol–water partition coefficient (Wildman–Crippen LogP) is 1.38. The van der Waals surface area contributed by atoms with Gasteiger partial charge in [-0.1, -0.05) is 11.6 Å². The van der Waals surface area contributed by atoms with Crippen LogP contribution in [0.2, 0.25) is 5.02 Å². The minimum atomic E-state index is -3.60. The normalized spacial score (nSPS) is 17.8. The maximum Gasteiger partial charge on any atom is 0.242 e. The largest absolute Gasteiger partial charge is 0.398 e. The van der Waals surface area contributed by atoms with Gasteiger partial charge in [0.1, 0.15) is 4.90 Å². The number of anilines is 1. The molecule has 1 aliphatic rings. The van der Waals surface area contributed by atoms with Gasteiger partial charge >= 0.3 is 0 Å². The zero-order valence-electron chi connectivity index (χ0n) is 9.73. The van der Waals surface area contributed by atoms with E-state index in [0.29, 0.717) is 31.1 Å². The highest BCUT2D eigenvalue weighted by atomic mass is 35.5. The van der Waals surface area contributed by atoms with Crippen LogP contribution in [-0.2, 0) is 14.8 Å². The first-order chi connectivity index (χ1) is 8.49. The third-order valence-corrected chi connectivity index (χ3v) is 4.63. The molecule has 1 fully saturated rings. The van der Waals surface area contributed by atoms with Crippen LogP contribution in [-0.4, -0.2) is 27.7 Å². The van der Waals surface area contributed by atoms with Gasteiger partial charge in [-0.3, -0.25) is 0 Å². The molecule has 0 saturated carbocycles. The molecule has 3 N–H and O–H groups in total. The molecule has 2 rings (SSSR count). The molecule has 0 radical (unpaired) electrons. The molecule has 1 heterocycles. The summed E-state index contributed by atoms with van der Waals surface area (Å²) in [4.78, 5) is 0.0680. The molecule has 0 aromatic heterocycles. The third-order valence-electron chi connectivity index (χ3n) is 2.80. The summed E-state index contributed by atoms with van der Waals surface area (Å²) < 4.78 is 32.1. The van der Waals surface area contributed by atoms with E-state index in [2.05, 4.69) is 4.72 Å². The first-order valence-corrected chi connectivity index (χ1v) is 7.50. The number of sulfonamides is 1. The zero-order chi connectivity index (χ0) is 13.2. The molecule has 0 spiro atoms. The fourth-order valence-corrected chi connectivity index (χ4v) is 3.46. The molecule has 18 heavy (non-hydrogen) atoms. The molecular weight excluding hydrogens is 276 g/mol. The summed E-state index contributed by atoms with van der Waals surface area (Å²) in [6.45, 7) is 1.15. The van der Waals surface area contributed by atoms with Gasteiger partial charge in [-0.15, -0.1) is 0 Å². The van der Waals surface area contributed by atoms with E-state index in [-0.39, 0.29) is 16.6 Å². The summed E-state index contributed by atoms with van der Waals surface area (Å²) in [5, 5.41) is 0.414. The minimum Gasteiger partial charge on any atom is -0.398 e. The summed E-state index contributed by atoms with van der Waals surface area (Å²) >= 11 is 5.75. The van der Waals surface area contributed by atoms with Crippen LogP contribution in [0.25, 0.3) is 0 Å². The van der Waals surface area contributed by atoms with E-state index in [1.165, 1.54) is 18.2 Å². The number of hydrogen-bond donors (Lipinski definition) is 2. The van der Waals surface area contributed by atoms with Crippen molar-refractivity contribution in [2.75, 3.05) is 18.9 Å². The average Bonchev–Trinajstić information content (AvgIpc) is 2.29. The zero-order valence-corrected chi connectivity index (χ0v) is 11.3. The first kappa shape index (κ1) is 13.6. The van der Waals surface area contributed by atoms with Crippen molar-refractivity contribution in [3.8, 4) is 0 Å². The number of halogens is 1. The van der Waals surface area contributed by atoms with Crippen molar-refractivity contribution in [2.24, 2.45) is 0 Å². The van der Waals surface area contributed by atoms with Crippen molar-refractivity contribution < 1.29 is 13.2 Å². The van der Waals surface area contributed by atoms with Crippen LogP contribution in [0, 0.1) is 0 Å². The van der Waals surface area contributed by atoms with Gasteiger partial charge in [0.25, 0.3) is 0 Å². The fraction of sp³-hybridized carbons (Fsp3) is 0.455. The number of nitrogens with two attached hydrogens (primary N) is 1. The number of hydrogen-bond acceptors (Lipinski definition) is 4. The van der Waals surface area contributed by atoms with Crippen molar-refractivity contribution in [1.29, 1.82) is 0 Å². The molecule has 0 aliphatic carbocycles. The van der Waals surface area contributed by atoms with Crippen molar-refractivity contribution in [3.05, 3.63) is 23.2 Å². The predicted molar refractivity (Wildman–Crippen MR) is 70.0 cm³/mol. The van der Waals surface area contributed by atoms with Crippen molar-refractivity contribution in [1.82, 2.24) is 4.72 Å². The van der Waals surface area contributed by atoms with Gasteiger partial charge in [-0.05, 0) is 31.0 Å². The third kappa shape index (κ3) is 3.14. The van der Waals surface area contributed by atoms with Gasteiger partial charge in [0, 0.05) is 24.3 Å². The number of nitrogens with one attached hydrogen (secondary N) is 1. The highest BCUT2D eigenvalue weighted by Crippen LogP contribution is 2.23. The Morgan fingerprint density at radius 3 is 2.61 bits per heavy atom. The van der Waals surface area contributed by atoms with Crippen molar-refractivity contribution >= 4 is 27.3 Å².